The van der Waals surface area contributed by atoms with Crippen molar-refractivity contribution in [2.45, 2.75) is 0 Å². The fourth-order valence-electron chi connectivity index (χ4n) is 1.02. The van der Waals surface area contributed by atoms with Gasteiger partial charge >= 0.3 is 5.97 Å². The minimum Gasteiger partial charge on any atom is -0.478 e. The third kappa shape index (κ3) is 1.71. The van der Waals surface area contributed by atoms with Gasteiger partial charge in [0.05, 0.1) is 4.47 Å². The van der Waals surface area contributed by atoms with E-state index < -0.39 is 0 Å². The molecule has 0 bridgehead atoms. The van der Waals surface area contributed by atoms with Crippen LogP contribution in [0.5, 0.6) is 11.5 Å². The van der Waals surface area contributed by atoms with Crippen LogP contribution in [0, 0.1) is 0 Å². The van der Waals surface area contributed by atoms with Crippen LogP contribution in [0.2, 0.25) is 0 Å². The second-order valence-corrected chi connectivity index (χ2v) is 4.25. The molecule has 0 saturated heterocycles. The van der Waals surface area contributed by atoms with Crippen molar-refractivity contribution in [1.82, 2.24) is 0 Å². The minimum absolute atomic E-state index is 0.0319. The molecule has 1 aliphatic heterocycles. The first-order valence-corrected chi connectivity index (χ1v) is 5.08. The van der Waals surface area contributed by atoms with Crippen molar-refractivity contribution in [3.05, 3.63) is 21.1 Å². The summed E-state index contributed by atoms with van der Waals surface area (Å²) < 4.78 is 11.7. The summed E-state index contributed by atoms with van der Waals surface area (Å²) in [7, 11) is 0. The predicted octanol–water partition coefficient (Wildman–Crippen LogP) is 2.51. The Balaban J connectivity index is 2.53. The molecule has 0 radical (unpaired) electrons. The Morgan fingerprint density at radius 1 is 1.31 bits per heavy atom. The summed E-state index contributed by atoms with van der Waals surface area (Å²) in [5.74, 6) is 0.635. The Kier molecular flexibility index (Phi) is 2.29. The third-order valence-electron chi connectivity index (χ3n) is 1.54. The summed E-state index contributed by atoms with van der Waals surface area (Å²) in [6, 6.07) is 3.55. The Bertz CT molecular complexity index is 376. The maximum absolute atomic E-state index is 10.9. The van der Waals surface area contributed by atoms with Crippen molar-refractivity contribution in [2.75, 3.05) is 6.61 Å². The van der Waals surface area contributed by atoms with Crippen LogP contribution in [0.15, 0.2) is 21.1 Å². The van der Waals surface area contributed by atoms with E-state index in [1.165, 1.54) is 0 Å². The monoisotopic (exact) mass is 306 g/mol. The fourth-order valence-corrected chi connectivity index (χ4v) is 2.29. The molecule has 2 rings (SSSR count). The molecule has 1 aliphatic rings. The summed E-state index contributed by atoms with van der Waals surface area (Å²) in [5, 5.41) is 0. The van der Waals surface area contributed by atoms with E-state index in [-0.39, 0.29) is 12.6 Å². The molecular formula is C8H4Br2O3. The van der Waals surface area contributed by atoms with Gasteiger partial charge in [0.25, 0.3) is 0 Å². The van der Waals surface area contributed by atoms with Crippen LogP contribution in [-0.2, 0) is 4.79 Å². The van der Waals surface area contributed by atoms with Crippen molar-refractivity contribution in [1.29, 1.82) is 0 Å². The van der Waals surface area contributed by atoms with Crippen LogP contribution in [-0.4, -0.2) is 12.6 Å². The van der Waals surface area contributed by atoms with E-state index in [0.29, 0.717) is 16.0 Å². The molecule has 0 saturated carbocycles. The lowest BCUT2D eigenvalue weighted by molar-refractivity contribution is -0.138. The van der Waals surface area contributed by atoms with E-state index in [9.17, 15) is 4.79 Å². The quantitative estimate of drug-likeness (QED) is 0.546. The van der Waals surface area contributed by atoms with Gasteiger partial charge in [0.15, 0.2) is 18.1 Å². The largest absolute Gasteiger partial charge is 0.478 e. The van der Waals surface area contributed by atoms with Crippen LogP contribution >= 0.6 is 31.9 Å². The van der Waals surface area contributed by atoms with Gasteiger partial charge in [-0.05, 0) is 28.1 Å². The highest BCUT2D eigenvalue weighted by Gasteiger charge is 2.21. The molecule has 0 fully saturated rings. The average molecular weight is 308 g/mol. The lowest BCUT2D eigenvalue weighted by Gasteiger charge is -2.17. The fraction of sp³-hybridized carbons (Fsp3) is 0.125. The Hall–Kier alpha value is -0.550. The van der Waals surface area contributed by atoms with E-state index in [1.54, 1.807) is 12.1 Å². The number of hydrogen-bond acceptors (Lipinski definition) is 3. The Labute approximate surface area is 91.3 Å². The number of hydrogen-bond donors (Lipinski definition) is 0. The van der Waals surface area contributed by atoms with Gasteiger partial charge in [0, 0.05) is 4.47 Å². The third-order valence-corrected chi connectivity index (χ3v) is 2.58. The van der Waals surface area contributed by atoms with Crippen LogP contribution in [0.4, 0.5) is 0 Å². The number of carbonyl (C=O) groups excluding carboxylic acids is 1. The zero-order valence-electron chi connectivity index (χ0n) is 6.34. The van der Waals surface area contributed by atoms with E-state index in [2.05, 4.69) is 31.9 Å². The van der Waals surface area contributed by atoms with Crippen LogP contribution in [0.3, 0.4) is 0 Å². The van der Waals surface area contributed by atoms with Crippen molar-refractivity contribution >= 4 is 37.8 Å². The van der Waals surface area contributed by atoms with Gasteiger partial charge in [-0.2, -0.15) is 0 Å². The van der Waals surface area contributed by atoms with Crippen molar-refractivity contribution < 1.29 is 14.3 Å². The van der Waals surface area contributed by atoms with Crippen molar-refractivity contribution in [3.8, 4) is 11.5 Å². The number of rotatable bonds is 0. The molecule has 1 aromatic rings. The summed E-state index contributed by atoms with van der Waals surface area (Å²) in [4.78, 5) is 10.9. The molecule has 0 unspecified atom stereocenters. The second kappa shape index (κ2) is 3.31. The van der Waals surface area contributed by atoms with Gasteiger partial charge in [0.1, 0.15) is 0 Å². The Morgan fingerprint density at radius 2 is 2.08 bits per heavy atom. The molecule has 0 atom stereocenters. The summed E-state index contributed by atoms with van der Waals surface area (Å²) in [5.41, 5.74) is 0. The van der Waals surface area contributed by atoms with Gasteiger partial charge in [0.2, 0.25) is 0 Å². The first-order chi connectivity index (χ1) is 6.16. The van der Waals surface area contributed by atoms with Gasteiger partial charge in [-0.1, -0.05) is 15.9 Å². The zero-order valence-corrected chi connectivity index (χ0v) is 9.51. The molecule has 13 heavy (non-hydrogen) atoms. The maximum atomic E-state index is 10.9. The van der Waals surface area contributed by atoms with E-state index in [0.717, 1.165) is 4.47 Å². The molecular weight excluding hydrogens is 304 g/mol. The highest BCUT2D eigenvalue weighted by molar-refractivity contribution is 9.11. The lowest BCUT2D eigenvalue weighted by Crippen LogP contribution is -2.23. The summed E-state index contributed by atoms with van der Waals surface area (Å²) >= 11 is 6.58. The molecule has 0 aromatic heterocycles. The molecule has 5 heteroatoms. The number of benzene rings is 1. The minimum atomic E-state index is -0.379. The lowest BCUT2D eigenvalue weighted by atomic mass is 10.3. The van der Waals surface area contributed by atoms with Gasteiger partial charge in [-0.3, -0.25) is 0 Å². The second-order valence-electron chi connectivity index (χ2n) is 2.48. The van der Waals surface area contributed by atoms with E-state index >= 15 is 0 Å². The normalized spacial score (nSPS) is 14.5. The molecule has 1 aromatic carbocycles. The van der Waals surface area contributed by atoms with E-state index in [1.807, 2.05) is 0 Å². The molecule has 0 N–H and O–H groups in total. The summed E-state index contributed by atoms with van der Waals surface area (Å²) in [6.45, 7) is -0.0319. The first-order valence-electron chi connectivity index (χ1n) is 3.49. The van der Waals surface area contributed by atoms with Crippen molar-refractivity contribution in [3.63, 3.8) is 0 Å². The number of ether oxygens (including phenoxy) is 2. The molecule has 0 amide bonds. The van der Waals surface area contributed by atoms with E-state index in [4.69, 9.17) is 9.47 Å². The van der Waals surface area contributed by atoms with Crippen LogP contribution in [0.1, 0.15) is 0 Å². The highest BCUT2D eigenvalue weighted by atomic mass is 79.9. The molecule has 1 heterocycles. The molecule has 3 nitrogen and oxygen atoms in total. The molecule has 0 aliphatic carbocycles. The number of esters is 1. The topological polar surface area (TPSA) is 35.5 Å². The van der Waals surface area contributed by atoms with Crippen LogP contribution in [0.25, 0.3) is 0 Å². The van der Waals surface area contributed by atoms with Crippen molar-refractivity contribution in [2.24, 2.45) is 0 Å². The maximum Gasteiger partial charge on any atom is 0.349 e. The van der Waals surface area contributed by atoms with Gasteiger partial charge in [-0.25, -0.2) is 4.79 Å². The zero-order chi connectivity index (χ0) is 9.42. The predicted molar refractivity (Wildman–Crippen MR) is 53.0 cm³/mol. The smallest absolute Gasteiger partial charge is 0.349 e. The average Bonchev–Trinajstić information content (AvgIpc) is 2.06. The standard InChI is InChI=1S/C8H4Br2O3/c9-4-1-5(10)8-6(2-4)12-3-7(11)13-8/h1-2H,3H2. The SMILES string of the molecule is O=C1COc2cc(Br)cc(Br)c2O1. The number of carbonyl (C=O) groups is 1. The van der Waals surface area contributed by atoms with Gasteiger partial charge < -0.3 is 9.47 Å². The molecule has 68 valence electrons. The Morgan fingerprint density at radius 3 is 2.85 bits per heavy atom. The number of halogens is 2. The first kappa shape index (κ1) is 9.02. The van der Waals surface area contributed by atoms with Crippen LogP contribution < -0.4 is 9.47 Å². The number of fused-ring (bicyclic) bond motifs is 1. The highest BCUT2D eigenvalue weighted by Crippen LogP contribution is 2.40. The summed E-state index contributed by atoms with van der Waals surface area (Å²) in [6.07, 6.45) is 0. The van der Waals surface area contributed by atoms with Gasteiger partial charge in [-0.15, -0.1) is 0 Å². The molecule has 0 spiro atoms.